The predicted octanol–water partition coefficient (Wildman–Crippen LogP) is 5.25. The van der Waals surface area contributed by atoms with Crippen molar-refractivity contribution in [1.29, 1.82) is 0 Å². The molecule has 6 heteroatoms. The Bertz CT molecular complexity index is 814. The number of benzene rings is 2. The van der Waals surface area contributed by atoms with Gasteiger partial charge in [0.2, 0.25) is 0 Å². The van der Waals surface area contributed by atoms with Gasteiger partial charge >= 0.3 is 0 Å². The van der Waals surface area contributed by atoms with Crippen LogP contribution in [0.5, 0.6) is 0 Å². The van der Waals surface area contributed by atoms with Crippen molar-refractivity contribution in [2.24, 2.45) is 0 Å². The van der Waals surface area contributed by atoms with Crippen LogP contribution < -0.4 is 0 Å². The Morgan fingerprint density at radius 1 is 1.05 bits per heavy atom. The SMILES string of the molecule is Fc1ccc2nc(CCCl)n(-c3ccc(Cl)c(Cl)c3)c2c1. The van der Waals surface area contributed by atoms with E-state index in [2.05, 4.69) is 4.98 Å². The summed E-state index contributed by atoms with van der Waals surface area (Å²) in [6.07, 6.45) is 0.568. The van der Waals surface area contributed by atoms with Crippen molar-refractivity contribution in [1.82, 2.24) is 9.55 Å². The third-order valence-corrected chi connectivity index (χ3v) is 4.09. The van der Waals surface area contributed by atoms with Crippen LogP contribution in [0.1, 0.15) is 5.82 Å². The summed E-state index contributed by atoms with van der Waals surface area (Å²) >= 11 is 17.9. The minimum atomic E-state index is -0.318. The second-order valence-corrected chi connectivity index (χ2v) is 5.73. The zero-order valence-electron chi connectivity index (χ0n) is 10.8. The molecule has 3 aromatic rings. The lowest BCUT2D eigenvalue weighted by atomic mass is 10.2. The monoisotopic (exact) mass is 342 g/mol. The fraction of sp³-hybridized carbons (Fsp3) is 0.133. The van der Waals surface area contributed by atoms with Crippen LogP contribution in [-0.2, 0) is 6.42 Å². The first-order valence-electron chi connectivity index (χ1n) is 6.28. The molecule has 0 aliphatic heterocycles. The molecule has 0 bridgehead atoms. The van der Waals surface area contributed by atoms with Crippen molar-refractivity contribution in [2.45, 2.75) is 6.42 Å². The molecule has 0 aliphatic carbocycles. The fourth-order valence-corrected chi connectivity index (χ4v) is 2.72. The van der Waals surface area contributed by atoms with Crippen molar-refractivity contribution in [2.75, 3.05) is 5.88 Å². The molecule has 1 aromatic heterocycles. The minimum Gasteiger partial charge on any atom is -0.296 e. The lowest BCUT2D eigenvalue weighted by Crippen LogP contribution is -2.02. The van der Waals surface area contributed by atoms with Gasteiger partial charge in [-0.2, -0.15) is 0 Å². The highest BCUT2D eigenvalue weighted by molar-refractivity contribution is 6.42. The summed E-state index contributed by atoms with van der Waals surface area (Å²) in [5, 5.41) is 0.902. The Balaban J connectivity index is 2.29. The molecule has 2 aromatic carbocycles. The number of alkyl halides is 1. The van der Waals surface area contributed by atoms with Crippen LogP contribution in [0.15, 0.2) is 36.4 Å². The van der Waals surface area contributed by atoms with E-state index in [1.807, 2.05) is 10.6 Å². The molecule has 0 unspecified atom stereocenters. The largest absolute Gasteiger partial charge is 0.296 e. The minimum absolute atomic E-state index is 0.318. The number of halogens is 4. The fourth-order valence-electron chi connectivity index (χ4n) is 2.26. The summed E-state index contributed by atoms with van der Waals surface area (Å²) in [5.41, 5.74) is 2.16. The van der Waals surface area contributed by atoms with E-state index in [1.54, 1.807) is 18.2 Å². The third-order valence-electron chi connectivity index (χ3n) is 3.17. The first kappa shape index (κ1) is 14.6. The second kappa shape index (κ2) is 5.84. The van der Waals surface area contributed by atoms with E-state index in [-0.39, 0.29) is 5.82 Å². The average Bonchev–Trinajstić information content (AvgIpc) is 2.80. The molecule has 0 radical (unpaired) electrons. The molecule has 108 valence electrons. The van der Waals surface area contributed by atoms with Gasteiger partial charge in [-0.05, 0) is 30.3 Å². The predicted molar refractivity (Wildman–Crippen MR) is 85.5 cm³/mol. The van der Waals surface area contributed by atoms with Gasteiger partial charge in [-0.15, -0.1) is 11.6 Å². The third kappa shape index (κ3) is 2.73. The van der Waals surface area contributed by atoms with Gasteiger partial charge in [-0.25, -0.2) is 9.37 Å². The van der Waals surface area contributed by atoms with E-state index in [0.29, 0.717) is 33.4 Å². The van der Waals surface area contributed by atoms with Crippen molar-refractivity contribution in [3.05, 3.63) is 58.1 Å². The number of nitrogens with zero attached hydrogens (tertiary/aromatic N) is 2. The van der Waals surface area contributed by atoms with E-state index in [4.69, 9.17) is 34.8 Å². The van der Waals surface area contributed by atoms with E-state index in [9.17, 15) is 4.39 Å². The Hall–Kier alpha value is -1.29. The van der Waals surface area contributed by atoms with Gasteiger partial charge in [-0.1, -0.05) is 23.2 Å². The van der Waals surface area contributed by atoms with Gasteiger partial charge in [0, 0.05) is 24.1 Å². The van der Waals surface area contributed by atoms with E-state index < -0.39 is 0 Å². The molecule has 0 saturated heterocycles. The van der Waals surface area contributed by atoms with Gasteiger partial charge in [0.15, 0.2) is 0 Å². The molecule has 0 atom stereocenters. The van der Waals surface area contributed by atoms with Crippen molar-refractivity contribution in [3.63, 3.8) is 0 Å². The quantitative estimate of drug-likeness (QED) is 0.594. The molecule has 0 saturated carbocycles. The summed E-state index contributed by atoms with van der Waals surface area (Å²) in [6.45, 7) is 0. The number of hydrogen-bond acceptors (Lipinski definition) is 1. The molecule has 2 nitrogen and oxygen atoms in total. The standard InChI is InChI=1S/C15H10Cl3FN2/c16-6-5-15-20-13-4-1-9(19)7-14(13)21(15)10-2-3-11(17)12(18)8-10/h1-4,7-8H,5-6H2. The van der Waals surface area contributed by atoms with Crippen LogP contribution in [-0.4, -0.2) is 15.4 Å². The Morgan fingerprint density at radius 3 is 2.57 bits per heavy atom. The molecule has 1 heterocycles. The van der Waals surface area contributed by atoms with E-state index in [0.717, 1.165) is 11.5 Å². The first-order valence-corrected chi connectivity index (χ1v) is 7.57. The second-order valence-electron chi connectivity index (χ2n) is 4.53. The number of aryl methyl sites for hydroxylation is 1. The van der Waals surface area contributed by atoms with Gasteiger partial charge in [0.05, 0.1) is 21.1 Å². The molecule has 0 N–H and O–H groups in total. The molecule has 0 spiro atoms. The number of hydrogen-bond donors (Lipinski definition) is 0. The summed E-state index contributed by atoms with van der Waals surface area (Å²) in [5.74, 6) is 0.859. The molecule has 21 heavy (non-hydrogen) atoms. The lowest BCUT2D eigenvalue weighted by Gasteiger charge is -2.09. The van der Waals surface area contributed by atoms with Crippen molar-refractivity contribution < 1.29 is 4.39 Å². The van der Waals surface area contributed by atoms with Crippen LogP contribution in [0.2, 0.25) is 10.0 Å². The van der Waals surface area contributed by atoms with Crippen molar-refractivity contribution >= 4 is 45.8 Å². The van der Waals surface area contributed by atoms with Gasteiger partial charge in [0.1, 0.15) is 11.6 Å². The van der Waals surface area contributed by atoms with Gasteiger partial charge < -0.3 is 0 Å². The lowest BCUT2D eigenvalue weighted by molar-refractivity contribution is 0.629. The number of rotatable bonds is 3. The maximum Gasteiger partial charge on any atom is 0.125 e. The first-order chi connectivity index (χ1) is 10.1. The smallest absolute Gasteiger partial charge is 0.125 e. The van der Waals surface area contributed by atoms with E-state index in [1.165, 1.54) is 12.1 Å². The Kier molecular flexibility index (Phi) is 4.07. The summed E-state index contributed by atoms with van der Waals surface area (Å²) < 4.78 is 15.4. The number of imidazole rings is 1. The zero-order valence-corrected chi connectivity index (χ0v) is 13.1. The number of fused-ring (bicyclic) bond motifs is 1. The van der Waals surface area contributed by atoms with E-state index >= 15 is 0 Å². The highest BCUT2D eigenvalue weighted by Gasteiger charge is 2.13. The summed E-state index contributed by atoms with van der Waals surface area (Å²) in [4.78, 5) is 4.51. The Labute approximate surface area is 136 Å². The van der Waals surface area contributed by atoms with Crippen LogP contribution in [0.3, 0.4) is 0 Å². The van der Waals surface area contributed by atoms with Crippen molar-refractivity contribution in [3.8, 4) is 5.69 Å². The van der Waals surface area contributed by atoms with Crippen LogP contribution in [0, 0.1) is 5.82 Å². The topological polar surface area (TPSA) is 17.8 Å². The molecule has 0 fully saturated rings. The van der Waals surface area contributed by atoms with Gasteiger partial charge in [-0.3, -0.25) is 4.57 Å². The highest BCUT2D eigenvalue weighted by atomic mass is 35.5. The molecule has 0 aliphatic rings. The maximum absolute atomic E-state index is 13.6. The van der Waals surface area contributed by atoms with Crippen LogP contribution in [0.4, 0.5) is 4.39 Å². The average molecular weight is 344 g/mol. The Morgan fingerprint density at radius 2 is 1.86 bits per heavy atom. The highest BCUT2D eigenvalue weighted by Crippen LogP contribution is 2.28. The van der Waals surface area contributed by atoms with Crippen LogP contribution in [0.25, 0.3) is 16.7 Å². The summed E-state index contributed by atoms with van der Waals surface area (Å²) in [6, 6.07) is 9.73. The number of aromatic nitrogens is 2. The molecule has 3 rings (SSSR count). The normalized spacial score (nSPS) is 11.2. The molecular weight excluding hydrogens is 334 g/mol. The molecular formula is C15H10Cl3FN2. The molecule has 0 amide bonds. The van der Waals surface area contributed by atoms with Gasteiger partial charge in [0.25, 0.3) is 0 Å². The van der Waals surface area contributed by atoms with Crippen LogP contribution >= 0.6 is 34.8 Å². The zero-order chi connectivity index (χ0) is 15.0. The summed E-state index contributed by atoms with van der Waals surface area (Å²) in [7, 11) is 0. The maximum atomic E-state index is 13.6.